The number of hydrogen-bond donors (Lipinski definition) is 1. The van der Waals surface area contributed by atoms with Gasteiger partial charge >= 0.3 is 0 Å². The maximum atomic E-state index is 12.1. The third-order valence-electron chi connectivity index (χ3n) is 4.22. The number of nitrogens with zero attached hydrogens (tertiary/aromatic N) is 2. The standard InChI is InChI=1S/C20H19N3O5S/c1-25-15-5-2-13(3-6-15)9-19-22-23-20(28-19)29-11-18(24)21-10-14-4-7-16-17(8-14)27-12-26-16/h2-8H,9-12H2,1H3,(H,21,24). The maximum absolute atomic E-state index is 12.1. The molecule has 9 heteroatoms. The maximum Gasteiger partial charge on any atom is 0.277 e. The van der Waals surface area contributed by atoms with Gasteiger partial charge in [-0.1, -0.05) is 30.0 Å². The quantitative estimate of drug-likeness (QED) is 0.563. The van der Waals surface area contributed by atoms with E-state index in [4.69, 9.17) is 18.6 Å². The van der Waals surface area contributed by atoms with Crippen molar-refractivity contribution in [3.63, 3.8) is 0 Å². The van der Waals surface area contributed by atoms with Crippen molar-refractivity contribution in [3.8, 4) is 17.2 Å². The number of thioether (sulfide) groups is 1. The van der Waals surface area contributed by atoms with E-state index in [1.165, 1.54) is 11.8 Å². The van der Waals surface area contributed by atoms with Crippen LogP contribution in [0.1, 0.15) is 17.0 Å². The van der Waals surface area contributed by atoms with Crippen LogP contribution >= 0.6 is 11.8 Å². The van der Waals surface area contributed by atoms with Crippen LogP contribution < -0.4 is 19.5 Å². The van der Waals surface area contributed by atoms with Crippen LogP contribution in [0.2, 0.25) is 0 Å². The van der Waals surface area contributed by atoms with E-state index in [0.29, 0.717) is 29.8 Å². The van der Waals surface area contributed by atoms with E-state index in [1.807, 2.05) is 42.5 Å². The van der Waals surface area contributed by atoms with Crippen LogP contribution in [0, 0.1) is 0 Å². The molecule has 1 aliphatic rings. The van der Waals surface area contributed by atoms with Gasteiger partial charge in [0, 0.05) is 6.54 Å². The number of benzene rings is 2. The van der Waals surface area contributed by atoms with Gasteiger partial charge in [0.2, 0.25) is 18.6 Å². The van der Waals surface area contributed by atoms with Crippen molar-refractivity contribution in [2.45, 2.75) is 18.2 Å². The minimum absolute atomic E-state index is 0.123. The number of nitrogens with one attached hydrogen (secondary N) is 1. The fourth-order valence-corrected chi connectivity index (χ4v) is 3.33. The summed E-state index contributed by atoms with van der Waals surface area (Å²) in [4.78, 5) is 12.1. The molecule has 2 aromatic carbocycles. The Morgan fingerprint density at radius 1 is 1.10 bits per heavy atom. The Morgan fingerprint density at radius 2 is 1.90 bits per heavy atom. The van der Waals surface area contributed by atoms with Crippen molar-refractivity contribution in [2.24, 2.45) is 0 Å². The van der Waals surface area contributed by atoms with Crippen LogP contribution in [0.5, 0.6) is 17.2 Å². The van der Waals surface area contributed by atoms with Crippen molar-refractivity contribution in [2.75, 3.05) is 19.7 Å². The van der Waals surface area contributed by atoms with Crippen molar-refractivity contribution in [1.29, 1.82) is 0 Å². The lowest BCUT2D eigenvalue weighted by Crippen LogP contribution is -2.24. The molecule has 1 N–H and O–H groups in total. The first-order valence-corrected chi connectivity index (χ1v) is 9.91. The zero-order valence-electron chi connectivity index (χ0n) is 15.7. The van der Waals surface area contributed by atoms with Crippen molar-refractivity contribution in [1.82, 2.24) is 15.5 Å². The number of rotatable bonds is 8. The molecule has 3 aromatic rings. The minimum Gasteiger partial charge on any atom is -0.497 e. The number of hydrogen-bond acceptors (Lipinski definition) is 8. The van der Waals surface area contributed by atoms with Gasteiger partial charge in [-0.15, -0.1) is 10.2 Å². The number of amides is 1. The Bertz CT molecular complexity index is 990. The fraction of sp³-hybridized carbons (Fsp3) is 0.250. The number of carbonyl (C=O) groups is 1. The van der Waals surface area contributed by atoms with E-state index in [0.717, 1.165) is 22.6 Å². The number of carbonyl (C=O) groups excluding carboxylic acids is 1. The van der Waals surface area contributed by atoms with Crippen LogP contribution in [-0.2, 0) is 17.8 Å². The topological polar surface area (TPSA) is 95.7 Å². The Morgan fingerprint density at radius 3 is 2.72 bits per heavy atom. The molecule has 0 saturated heterocycles. The van der Waals surface area contributed by atoms with Crippen molar-refractivity contribution in [3.05, 3.63) is 59.5 Å². The van der Waals surface area contributed by atoms with Gasteiger partial charge in [-0.3, -0.25) is 4.79 Å². The molecule has 29 heavy (non-hydrogen) atoms. The molecule has 0 atom stereocenters. The summed E-state index contributed by atoms with van der Waals surface area (Å²) >= 11 is 1.20. The zero-order chi connectivity index (χ0) is 20.1. The predicted octanol–water partition coefficient (Wildman–Crippen LogP) is 2.81. The SMILES string of the molecule is COc1ccc(Cc2nnc(SCC(=O)NCc3ccc4c(c3)OCO4)o2)cc1. The highest BCUT2D eigenvalue weighted by Crippen LogP contribution is 2.32. The summed E-state index contributed by atoms with van der Waals surface area (Å²) in [6.07, 6.45) is 0.522. The number of ether oxygens (including phenoxy) is 3. The first kappa shape index (κ1) is 19.1. The molecular weight excluding hydrogens is 394 g/mol. The largest absolute Gasteiger partial charge is 0.497 e. The summed E-state index contributed by atoms with van der Waals surface area (Å²) in [6, 6.07) is 13.2. The van der Waals surface area contributed by atoms with Crippen molar-refractivity contribution >= 4 is 17.7 Å². The summed E-state index contributed by atoms with van der Waals surface area (Å²) in [5, 5.41) is 11.2. The van der Waals surface area contributed by atoms with E-state index < -0.39 is 0 Å². The smallest absolute Gasteiger partial charge is 0.277 e. The summed E-state index contributed by atoms with van der Waals surface area (Å²) in [6.45, 7) is 0.634. The van der Waals surface area contributed by atoms with Gasteiger partial charge in [-0.05, 0) is 35.4 Å². The zero-order valence-corrected chi connectivity index (χ0v) is 16.5. The molecule has 0 saturated carbocycles. The van der Waals surface area contributed by atoms with Gasteiger partial charge in [0.15, 0.2) is 11.5 Å². The normalized spacial score (nSPS) is 12.0. The summed E-state index contributed by atoms with van der Waals surface area (Å²) in [7, 11) is 1.63. The molecule has 0 bridgehead atoms. The van der Waals surface area contributed by atoms with Crippen molar-refractivity contribution < 1.29 is 23.4 Å². The van der Waals surface area contributed by atoms with Gasteiger partial charge in [-0.2, -0.15) is 0 Å². The predicted molar refractivity (Wildman–Crippen MR) is 105 cm³/mol. The van der Waals surface area contributed by atoms with Crippen LogP contribution in [0.3, 0.4) is 0 Å². The number of methoxy groups -OCH3 is 1. The second-order valence-electron chi connectivity index (χ2n) is 6.24. The summed E-state index contributed by atoms with van der Waals surface area (Å²) in [5.41, 5.74) is 1.97. The van der Waals surface area contributed by atoms with E-state index in [1.54, 1.807) is 7.11 Å². The molecule has 4 rings (SSSR count). The van der Waals surface area contributed by atoms with E-state index in [-0.39, 0.29) is 18.5 Å². The minimum atomic E-state index is -0.123. The second kappa shape index (κ2) is 8.87. The highest BCUT2D eigenvalue weighted by Gasteiger charge is 2.14. The molecule has 0 fully saturated rings. The van der Waals surface area contributed by atoms with Gasteiger partial charge in [-0.25, -0.2) is 0 Å². The van der Waals surface area contributed by atoms with Gasteiger partial charge < -0.3 is 23.9 Å². The molecule has 1 amide bonds. The monoisotopic (exact) mass is 413 g/mol. The highest BCUT2D eigenvalue weighted by molar-refractivity contribution is 7.99. The molecule has 150 valence electrons. The first-order chi connectivity index (χ1) is 14.2. The Kier molecular flexibility index (Phi) is 5.85. The Labute approximate surface area is 171 Å². The number of aromatic nitrogens is 2. The third kappa shape index (κ3) is 5.00. The molecule has 1 aromatic heterocycles. The van der Waals surface area contributed by atoms with E-state index in [2.05, 4.69) is 15.5 Å². The third-order valence-corrected chi connectivity index (χ3v) is 5.03. The lowest BCUT2D eigenvalue weighted by molar-refractivity contribution is -0.118. The van der Waals surface area contributed by atoms with Crippen LogP contribution in [-0.4, -0.2) is 35.8 Å². The van der Waals surface area contributed by atoms with Gasteiger partial charge in [0.25, 0.3) is 5.22 Å². The lowest BCUT2D eigenvalue weighted by Gasteiger charge is -2.05. The lowest BCUT2D eigenvalue weighted by atomic mass is 10.1. The molecule has 8 nitrogen and oxygen atoms in total. The van der Waals surface area contributed by atoms with Crippen LogP contribution in [0.4, 0.5) is 0 Å². The first-order valence-electron chi connectivity index (χ1n) is 8.93. The molecular formula is C20H19N3O5S. The molecule has 2 heterocycles. The van der Waals surface area contributed by atoms with E-state index in [9.17, 15) is 4.79 Å². The highest BCUT2D eigenvalue weighted by atomic mass is 32.2. The summed E-state index contributed by atoms with van der Waals surface area (Å²) in [5.74, 6) is 2.77. The van der Waals surface area contributed by atoms with E-state index >= 15 is 0 Å². The number of fused-ring (bicyclic) bond motifs is 1. The molecule has 0 unspecified atom stereocenters. The molecule has 1 aliphatic heterocycles. The average molecular weight is 413 g/mol. The Balaban J connectivity index is 1.23. The molecule has 0 radical (unpaired) electrons. The van der Waals surface area contributed by atoms with Crippen LogP contribution in [0.25, 0.3) is 0 Å². The summed E-state index contributed by atoms with van der Waals surface area (Å²) < 4.78 is 21.4. The second-order valence-corrected chi connectivity index (χ2v) is 7.17. The van der Waals surface area contributed by atoms with Crippen LogP contribution in [0.15, 0.2) is 52.1 Å². The average Bonchev–Trinajstić information content (AvgIpc) is 3.40. The molecule has 0 aliphatic carbocycles. The fourth-order valence-electron chi connectivity index (χ4n) is 2.72. The van der Waals surface area contributed by atoms with Gasteiger partial charge in [0.05, 0.1) is 19.3 Å². The molecule has 0 spiro atoms. The van der Waals surface area contributed by atoms with Gasteiger partial charge in [0.1, 0.15) is 5.75 Å². The Hall–Kier alpha value is -3.20.